The third-order valence-corrected chi connectivity index (χ3v) is 3.83. The lowest BCUT2D eigenvalue weighted by atomic mass is 10.1. The molecule has 0 saturated carbocycles. The van der Waals surface area contributed by atoms with Crippen molar-refractivity contribution in [1.29, 1.82) is 0 Å². The van der Waals surface area contributed by atoms with Crippen molar-refractivity contribution in [2.75, 3.05) is 18.5 Å². The Hall–Kier alpha value is -1.81. The van der Waals surface area contributed by atoms with Gasteiger partial charge in [0, 0.05) is 6.54 Å². The summed E-state index contributed by atoms with van der Waals surface area (Å²) >= 11 is 0. The van der Waals surface area contributed by atoms with Gasteiger partial charge in [-0.2, -0.15) is 0 Å². The first-order valence-electron chi connectivity index (χ1n) is 7.56. The Balaban J connectivity index is 1.93. The van der Waals surface area contributed by atoms with E-state index in [9.17, 15) is 15.3 Å². The normalized spacial score (nSPS) is 27.9. The number of ether oxygens (including phenoxy) is 1. The molecule has 1 aliphatic heterocycles. The van der Waals surface area contributed by atoms with Gasteiger partial charge in [-0.25, -0.2) is 15.0 Å². The van der Waals surface area contributed by atoms with Gasteiger partial charge in [0.05, 0.1) is 12.9 Å². The highest BCUT2D eigenvalue weighted by molar-refractivity contribution is 5.82. The van der Waals surface area contributed by atoms with Gasteiger partial charge in [-0.05, 0) is 5.92 Å². The van der Waals surface area contributed by atoms with Crippen LogP contribution >= 0.6 is 0 Å². The lowest BCUT2D eigenvalue weighted by molar-refractivity contribution is -0.0511. The third kappa shape index (κ3) is 2.88. The number of rotatable bonds is 5. The summed E-state index contributed by atoms with van der Waals surface area (Å²) in [6, 6.07) is 0. The number of fused-ring (bicyclic) bond motifs is 1. The van der Waals surface area contributed by atoms with Crippen LogP contribution in [0, 0.1) is 5.92 Å². The number of anilines is 1. The van der Waals surface area contributed by atoms with Crippen molar-refractivity contribution in [2.24, 2.45) is 5.92 Å². The molecule has 23 heavy (non-hydrogen) atoms. The van der Waals surface area contributed by atoms with Crippen LogP contribution in [0.15, 0.2) is 12.7 Å². The van der Waals surface area contributed by atoms with Gasteiger partial charge in [0.2, 0.25) is 0 Å². The van der Waals surface area contributed by atoms with Crippen molar-refractivity contribution in [1.82, 2.24) is 19.5 Å². The lowest BCUT2D eigenvalue weighted by Gasteiger charge is -2.16. The first-order valence-corrected chi connectivity index (χ1v) is 7.56. The molecule has 126 valence electrons. The summed E-state index contributed by atoms with van der Waals surface area (Å²) in [7, 11) is 0. The van der Waals surface area contributed by atoms with Gasteiger partial charge in [0.25, 0.3) is 0 Å². The predicted molar refractivity (Wildman–Crippen MR) is 81.7 cm³/mol. The molecule has 1 aliphatic rings. The molecule has 0 bridgehead atoms. The van der Waals surface area contributed by atoms with Crippen molar-refractivity contribution < 1.29 is 20.1 Å². The largest absolute Gasteiger partial charge is 0.394 e. The number of hydrogen-bond acceptors (Lipinski definition) is 8. The van der Waals surface area contributed by atoms with Gasteiger partial charge in [-0.1, -0.05) is 13.8 Å². The van der Waals surface area contributed by atoms with E-state index in [1.165, 1.54) is 12.7 Å². The highest BCUT2D eigenvalue weighted by Gasteiger charge is 2.44. The van der Waals surface area contributed by atoms with Gasteiger partial charge < -0.3 is 25.4 Å². The highest BCUT2D eigenvalue weighted by Crippen LogP contribution is 2.32. The lowest BCUT2D eigenvalue weighted by Crippen LogP contribution is -2.33. The number of aliphatic hydroxyl groups is 3. The van der Waals surface area contributed by atoms with Crippen LogP contribution in [-0.4, -0.2) is 66.3 Å². The van der Waals surface area contributed by atoms with Crippen molar-refractivity contribution in [3.63, 3.8) is 0 Å². The zero-order valence-corrected chi connectivity index (χ0v) is 13.0. The summed E-state index contributed by atoms with van der Waals surface area (Å²) in [6.45, 7) is 4.54. The Labute approximate surface area is 133 Å². The monoisotopic (exact) mass is 323 g/mol. The molecule has 9 nitrogen and oxygen atoms in total. The molecule has 1 fully saturated rings. The number of nitrogens with zero attached hydrogens (tertiary/aromatic N) is 4. The van der Waals surface area contributed by atoms with E-state index in [0.717, 1.165) is 6.54 Å². The van der Waals surface area contributed by atoms with E-state index in [4.69, 9.17) is 4.74 Å². The van der Waals surface area contributed by atoms with Crippen LogP contribution in [0.3, 0.4) is 0 Å². The molecule has 1 unspecified atom stereocenters. The summed E-state index contributed by atoms with van der Waals surface area (Å²) in [6.07, 6.45) is -1.15. The number of aromatic nitrogens is 4. The number of aliphatic hydroxyl groups excluding tert-OH is 3. The Kier molecular flexibility index (Phi) is 4.44. The Morgan fingerprint density at radius 1 is 1.26 bits per heavy atom. The zero-order valence-electron chi connectivity index (χ0n) is 13.0. The molecule has 0 radical (unpaired) electrons. The molecular weight excluding hydrogens is 302 g/mol. The molecule has 3 heterocycles. The minimum absolute atomic E-state index is 0.377. The van der Waals surface area contributed by atoms with Gasteiger partial charge >= 0.3 is 0 Å². The molecule has 0 aliphatic carbocycles. The molecule has 0 amide bonds. The van der Waals surface area contributed by atoms with Gasteiger partial charge in [0.15, 0.2) is 23.2 Å². The maximum absolute atomic E-state index is 10.1. The molecule has 4 atom stereocenters. The fourth-order valence-corrected chi connectivity index (χ4v) is 2.58. The summed E-state index contributed by atoms with van der Waals surface area (Å²) in [5.74, 6) is 1.05. The third-order valence-electron chi connectivity index (χ3n) is 3.83. The van der Waals surface area contributed by atoms with Crippen molar-refractivity contribution in [3.8, 4) is 0 Å². The predicted octanol–water partition coefficient (Wildman–Crippen LogP) is -0.494. The fraction of sp³-hybridized carbons (Fsp3) is 0.643. The molecule has 4 N–H and O–H groups in total. The molecule has 2 aromatic rings. The van der Waals surface area contributed by atoms with Gasteiger partial charge in [-0.15, -0.1) is 0 Å². The van der Waals surface area contributed by atoms with Crippen LogP contribution in [0.2, 0.25) is 0 Å². The van der Waals surface area contributed by atoms with Crippen molar-refractivity contribution in [3.05, 3.63) is 12.7 Å². The number of hydrogen-bond donors (Lipinski definition) is 4. The van der Waals surface area contributed by atoms with E-state index in [1.807, 2.05) is 0 Å². The van der Waals surface area contributed by atoms with Crippen LogP contribution in [0.1, 0.15) is 20.1 Å². The minimum Gasteiger partial charge on any atom is -0.394 e. The zero-order chi connectivity index (χ0) is 16.6. The number of nitrogens with one attached hydrogen (secondary N) is 1. The van der Waals surface area contributed by atoms with Crippen LogP contribution in [0.4, 0.5) is 5.82 Å². The van der Waals surface area contributed by atoms with E-state index in [1.54, 1.807) is 4.57 Å². The summed E-state index contributed by atoms with van der Waals surface area (Å²) in [5, 5.41) is 32.4. The maximum atomic E-state index is 10.1. The highest BCUT2D eigenvalue weighted by atomic mass is 16.6. The Morgan fingerprint density at radius 2 is 2.04 bits per heavy atom. The van der Waals surface area contributed by atoms with Crippen molar-refractivity contribution in [2.45, 2.75) is 38.4 Å². The topological polar surface area (TPSA) is 126 Å². The van der Waals surface area contributed by atoms with Crippen LogP contribution in [0.25, 0.3) is 11.2 Å². The standard InChI is InChI=1S/C14H21N5O4/c1-7(2)3-15-12-9-13(17-5-16-12)19(6-18-9)14-11(22)10(21)8(4-20)23-14/h5-8,10-11,14,20-22H,3-4H2,1-2H3,(H,15,16,17)/t8-,10-,11-,14?/m1/s1. The van der Waals surface area contributed by atoms with E-state index in [2.05, 4.69) is 34.1 Å². The first kappa shape index (κ1) is 16.1. The molecule has 3 rings (SSSR count). The molecule has 9 heteroatoms. The number of imidazole rings is 1. The van der Waals surface area contributed by atoms with E-state index in [-0.39, 0.29) is 6.61 Å². The SMILES string of the molecule is CC(C)CNc1ncnc2c1ncn2C1O[C@H](CO)[C@@H](O)[C@H]1O. The van der Waals surface area contributed by atoms with E-state index < -0.39 is 24.5 Å². The quantitative estimate of drug-likeness (QED) is 0.580. The molecule has 2 aromatic heterocycles. The first-order chi connectivity index (χ1) is 11.0. The van der Waals surface area contributed by atoms with Crippen LogP contribution in [-0.2, 0) is 4.74 Å². The summed E-state index contributed by atoms with van der Waals surface area (Å²) in [4.78, 5) is 12.7. The second-order valence-corrected chi connectivity index (χ2v) is 6.05. The fourth-order valence-electron chi connectivity index (χ4n) is 2.58. The van der Waals surface area contributed by atoms with Gasteiger partial charge in [-0.3, -0.25) is 4.57 Å². The van der Waals surface area contributed by atoms with Gasteiger partial charge in [0.1, 0.15) is 24.6 Å². The Bertz CT molecular complexity index is 676. The van der Waals surface area contributed by atoms with Crippen LogP contribution in [0.5, 0.6) is 0 Å². The maximum Gasteiger partial charge on any atom is 0.167 e. The molecule has 0 aromatic carbocycles. The second-order valence-electron chi connectivity index (χ2n) is 6.05. The van der Waals surface area contributed by atoms with E-state index >= 15 is 0 Å². The second kappa shape index (κ2) is 6.36. The molecule has 0 spiro atoms. The van der Waals surface area contributed by atoms with Crippen molar-refractivity contribution >= 4 is 17.0 Å². The smallest absolute Gasteiger partial charge is 0.167 e. The Morgan fingerprint density at radius 3 is 2.70 bits per heavy atom. The average molecular weight is 323 g/mol. The van der Waals surface area contributed by atoms with E-state index in [0.29, 0.717) is 22.9 Å². The molecule has 1 saturated heterocycles. The van der Waals surface area contributed by atoms with Crippen LogP contribution < -0.4 is 5.32 Å². The molecular formula is C14H21N5O4. The summed E-state index contributed by atoms with van der Waals surface area (Å²) < 4.78 is 7.06. The summed E-state index contributed by atoms with van der Waals surface area (Å²) in [5.41, 5.74) is 1.05. The minimum atomic E-state index is -1.17. The average Bonchev–Trinajstić information content (AvgIpc) is 3.08.